The van der Waals surface area contributed by atoms with E-state index in [0.29, 0.717) is 12.0 Å². The zero-order valence-electron chi connectivity index (χ0n) is 11.4. The number of hydrogen-bond acceptors (Lipinski definition) is 2. The predicted octanol–water partition coefficient (Wildman–Crippen LogP) is 3.34. The van der Waals surface area contributed by atoms with Crippen LogP contribution in [0, 0.1) is 0 Å². The summed E-state index contributed by atoms with van der Waals surface area (Å²) in [6.07, 6.45) is 6.48. The van der Waals surface area contributed by atoms with Gasteiger partial charge in [-0.25, -0.2) is 0 Å². The van der Waals surface area contributed by atoms with Crippen molar-refractivity contribution in [3.63, 3.8) is 0 Å². The minimum absolute atomic E-state index is 0.651. The molecule has 0 radical (unpaired) electrons. The third kappa shape index (κ3) is 3.82. The minimum atomic E-state index is 0.651. The molecule has 0 saturated heterocycles. The van der Waals surface area contributed by atoms with E-state index in [0.717, 1.165) is 19.6 Å². The highest BCUT2D eigenvalue weighted by Crippen LogP contribution is 2.32. The lowest BCUT2D eigenvalue weighted by molar-refractivity contribution is 0.191. The molecule has 1 aromatic carbocycles. The van der Waals surface area contributed by atoms with Gasteiger partial charge in [-0.1, -0.05) is 43.2 Å². The molecular weight excluding hydrogens is 222 g/mol. The molecule has 0 aliphatic heterocycles. The molecular formula is C16H25NO. The predicted molar refractivity (Wildman–Crippen MR) is 75.9 cm³/mol. The van der Waals surface area contributed by atoms with Crippen molar-refractivity contribution in [2.24, 2.45) is 0 Å². The number of nitrogens with one attached hydrogen (secondary N) is 1. The van der Waals surface area contributed by atoms with Gasteiger partial charge in [-0.15, -0.1) is 0 Å². The van der Waals surface area contributed by atoms with Crippen LogP contribution in [0.25, 0.3) is 0 Å². The van der Waals surface area contributed by atoms with Crippen molar-refractivity contribution in [2.75, 3.05) is 20.3 Å². The molecule has 0 spiro atoms. The van der Waals surface area contributed by atoms with Gasteiger partial charge >= 0.3 is 0 Å². The van der Waals surface area contributed by atoms with Gasteiger partial charge in [0.15, 0.2) is 0 Å². The Morgan fingerprint density at radius 3 is 2.72 bits per heavy atom. The summed E-state index contributed by atoms with van der Waals surface area (Å²) < 4.78 is 5.10. The van der Waals surface area contributed by atoms with Crippen molar-refractivity contribution < 1.29 is 4.74 Å². The van der Waals surface area contributed by atoms with Gasteiger partial charge in [-0.05, 0) is 37.3 Å². The molecule has 1 N–H and O–H groups in total. The molecule has 2 atom stereocenters. The third-order valence-corrected chi connectivity index (χ3v) is 3.93. The van der Waals surface area contributed by atoms with Crippen LogP contribution in [0.2, 0.25) is 0 Å². The van der Waals surface area contributed by atoms with Crippen molar-refractivity contribution >= 4 is 0 Å². The van der Waals surface area contributed by atoms with Crippen LogP contribution in [-0.4, -0.2) is 26.3 Å². The van der Waals surface area contributed by atoms with Crippen LogP contribution in [0.15, 0.2) is 30.3 Å². The van der Waals surface area contributed by atoms with Crippen molar-refractivity contribution in [3.8, 4) is 0 Å². The molecule has 1 saturated carbocycles. The molecule has 1 fully saturated rings. The summed E-state index contributed by atoms with van der Waals surface area (Å²) >= 11 is 0. The highest BCUT2D eigenvalue weighted by Gasteiger charge is 2.25. The Hall–Kier alpha value is -0.860. The molecule has 0 aromatic heterocycles. The Balaban J connectivity index is 1.90. The average Bonchev–Trinajstić information content (AvgIpc) is 2.45. The van der Waals surface area contributed by atoms with Gasteiger partial charge in [0.1, 0.15) is 0 Å². The SMILES string of the molecule is COCCCNC1CCCCC1c1ccccc1. The van der Waals surface area contributed by atoms with Gasteiger partial charge in [0.2, 0.25) is 0 Å². The monoisotopic (exact) mass is 247 g/mol. The number of benzene rings is 1. The van der Waals surface area contributed by atoms with Gasteiger partial charge in [-0.2, -0.15) is 0 Å². The second kappa shape index (κ2) is 7.55. The van der Waals surface area contributed by atoms with Crippen LogP contribution in [0.3, 0.4) is 0 Å². The lowest BCUT2D eigenvalue weighted by Crippen LogP contribution is -2.38. The van der Waals surface area contributed by atoms with E-state index >= 15 is 0 Å². The van der Waals surface area contributed by atoms with E-state index in [9.17, 15) is 0 Å². The molecule has 0 heterocycles. The van der Waals surface area contributed by atoms with Crippen molar-refractivity contribution in [2.45, 2.75) is 44.1 Å². The Morgan fingerprint density at radius 1 is 1.17 bits per heavy atom. The lowest BCUT2D eigenvalue weighted by Gasteiger charge is -2.32. The molecule has 1 aliphatic carbocycles. The Labute approximate surface area is 111 Å². The van der Waals surface area contributed by atoms with E-state index in [2.05, 4.69) is 35.6 Å². The average molecular weight is 247 g/mol. The molecule has 100 valence electrons. The fraction of sp³-hybridized carbons (Fsp3) is 0.625. The molecule has 0 bridgehead atoms. The van der Waals surface area contributed by atoms with Gasteiger partial charge in [0, 0.05) is 19.8 Å². The molecule has 18 heavy (non-hydrogen) atoms. The smallest absolute Gasteiger partial charge is 0.0474 e. The summed E-state index contributed by atoms with van der Waals surface area (Å²) in [4.78, 5) is 0. The third-order valence-electron chi connectivity index (χ3n) is 3.93. The van der Waals surface area contributed by atoms with Crippen molar-refractivity contribution in [1.29, 1.82) is 0 Å². The van der Waals surface area contributed by atoms with E-state index in [1.807, 2.05) is 0 Å². The molecule has 2 nitrogen and oxygen atoms in total. The summed E-state index contributed by atoms with van der Waals surface area (Å²) in [6.45, 7) is 1.93. The first kappa shape index (κ1) is 13.6. The van der Waals surface area contributed by atoms with E-state index in [1.165, 1.54) is 31.2 Å². The van der Waals surface area contributed by atoms with Crippen LogP contribution < -0.4 is 5.32 Å². The van der Waals surface area contributed by atoms with Crippen LogP contribution >= 0.6 is 0 Å². The number of rotatable bonds is 6. The van der Waals surface area contributed by atoms with E-state index in [4.69, 9.17) is 4.74 Å². The Bertz CT molecular complexity index is 325. The van der Waals surface area contributed by atoms with Gasteiger partial charge in [-0.3, -0.25) is 0 Å². The molecule has 0 amide bonds. The quantitative estimate of drug-likeness (QED) is 0.778. The number of hydrogen-bond donors (Lipinski definition) is 1. The maximum Gasteiger partial charge on any atom is 0.0474 e. The van der Waals surface area contributed by atoms with Gasteiger partial charge < -0.3 is 10.1 Å². The van der Waals surface area contributed by atoms with E-state index in [1.54, 1.807) is 7.11 Å². The zero-order chi connectivity index (χ0) is 12.6. The summed E-state index contributed by atoms with van der Waals surface area (Å²) in [7, 11) is 1.77. The van der Waals surface area contributed by atoms with Crippen LogP contribution in [0.1, 0.15) is 43.6 Å². The van der Waals surface area contributed by atoms with Crippen molar-refractivity contribution in [1.82, 2.24) is 5.32 Å². The second-order valence-corrected chi connectivity index (χ2v) is 5.21. The normalized spacial score (nSPS) is 24.1. The summed E-state index contributed by atoms with van der Waals surface area (Å²) in [5.41, 5.74) is 1.50. The Morgan fingerprint density at radius 2 is 1.94 bits per heavy atom. The lowest BCUT2D eigenvalue weighted by atomic mass is 9.80. The molecule has 2 heteroatoms. The summed E-state index contributed by atoms with van der Waals surface area (Å²) in [5.74, 6) is 0.697. The maximum absolute atomic E-state index is 5.10. The van der Waals surface area contributed by atoms with E-state index in [-0.39, 0.29) is 0 Å². The highest BCUT2D eigenvalue weighted by atomic mass is 16.5. The standard InChI is InChI=1S/C16H25NO/c1-18-13-7-12-17-16-11-6-5-10-15(16)14-8-3-2-4-9-14/h2-4,8-9,15-17H,5-7,10-13H2,1H3. The highest BCUT2D eigenvalue weighted by molar-refractivity contribution is 5.21. The largest absolute Gasteiger partial charge is 0.385 e. The fourth-order valence-corrected chi connectivity index (χ4v) is 2.98. The van der Waals surface area contributed by atoms with Crippen LogP contribution in [-0.2, 0) is 4.74 Å². The first-order valence-electron chi connectivity index (χ1n) is 7.19. The number of ether oxygens (including phenoxy) is 1. The van der Waals surface area contributed by atoms with Crippen LogP contribution in [0.4, 0.5) is 0 Å². The molecule has 2 rings (SSSR count). The van der Waals surface area contributed by atoms with Crippen LogP contribution in [0.5, 0.6) is 0 Å². The molecule has 1 aromatic rings. The number of methoxy groups -OCH3 is 1. The second-order valence-electron chi connectivity index (χ2n) is 5.21. The summed E-state index contributed by atoms with van der Waals surface area (Å²) in [6, 6.07) is 11.6. The van der Waals surface area contributed by atoms with Gasteiger partial charge in [0.05, 0.1) is 0 Å². The zero-order valence-corrected chi connectivity index (χ0v) is 11.4. The fourth-order valence-electron chi connectivity index (χ4n) is 2.98. The van der Waals surface area contributed by atoms with Crippen molar-refractivity contribution in [3.05, 3.63) is 35.9 Å². The van der Waals surface area contributed by atoms with Gasteiger partial charge in [0.25, 0.3) is 0 Å². The maximum atomic E-state index is 5.10. The first-order chi connectivity index (χ1) is 8.92. The molecule has 2 unspecified atom stereocenters. The Kier molecular flexibility index (Phi) is 5.69. The van der Waals surface area contributed by atoms with E-state index < -0.39 is 0 Å². The molecule has 1 aliphatic rings. The first-order valence-corrected chi connectivity index (χ1v) is 7.19. The summed E-state index contributed by atoms with van der Waals surface area (Å²) in [5, 5.41) is 3.72. The topological polar surface area (TPSA) is 21.3 Å². The minimum Gasteiger partial charge on any atom is -0.385 e.